The van der Waals surface area contributed by atoms with Crippen molar-refractivity contribution in [3.8, 4) is 6.07 Å². The molecule has 0 spiro atoms. The SMILES string of the molecule is N#Cc1cccc(C(=O)N2CC[C@H](n3ccnn3)C2)c1. The lowest BCUT2D eigenvalue weighted by molar-refractivity contribution is 0.0787. The van der Waals surface area contributed by atoms with Gasteiger partial charge in [0, 0.05) is 24.8 Å². The molecule has 0 aliphatic carbocycles. The molecule has 6 heteroatoms. The lowest BCUT2D eigenvalue weighted by Crippen LogP contribution is -2.29. The van der Waals surface area contributed by atoms with Gasteiger partial charge in [0.05, 0.1) is 23.9 Å². The smallest absolute Gasteiger partial charge is 0.253 e. The molecule has 0 radical (unpaired) electrons. The second-order valence-electron chi connectivity index (χ2n) is 4.77. The van der Waals surface area contributed by atoms with Crippen molar-refractivity contribution < 1.29 is 4.79 Å². The summed E-state index contributed by atoms with van der Waals surface area (Å²) in [5, 5.41) is 16.7. The zero-order chi connectivity index (χ0) is 13.9. The maximum atomic E-state index is 12.4. The number of aromatic nitrogens is 3. The van der Waals surface area contributed by atoms with Crippen LogP contribution in [0.2, 0.25) is 0 Å². The Morgan fingerprint density at radius 1 is 1.45 bits per heavy atom. The molecule has 2 aromatic rings. The molecule has 6 nitrogen and oxygen atoms in total. The van der Waals surface area contributed by atoms with Crippen LogP contribution in [0.3, 0.4) is 0 Å². The number of likely N-dealkylation sites (tertiary alicyclic amines) is 1. The number of carbonyl (C=O) groups is 1. The highest BCUT2D eigenvalue weighted by Crippen LogP contribution is 2.22. The van der Waals surface area contributed by atoms with Gasteiger partial charge in [-0.15, -0.1) is 5.10 Å². The quantitative estimate of drug-likeness (QED) is 0.820. The van der Waals surface area contributed by atoms with E-state index in [0.29, 0.717) is 24.2 Å². The number of carbonyl (C=O) groups excluding carboxylic acids is 1. The average molecular weight is 267 g/mol. The molecule has 1 aliphatic rings. The largest absolute Gasteiger partial charge is 0.336 e. The fourth-order valence-corrected chi connectivity index (χ4v) is 2.46. The molecule has 1 aromatic heterocycles. The first-order valence-electron chi connectivity index (χ1n) is 6.43. The first-order valence-corrected chi connectivity index (χ1v) is 6.43. The summed E-state index contributed by atoms with van der Waals surface area (Å²) in [6.07, 6.45) is 4.32. The molecule has 1 aliphatic heterocycles. The van der Waals surface area contributed by atoms with Crippen LogP contribution in [-0.4, -0.2) is 38.9 Å². The van der Waals surface area contributed by atoms with Crippen molar-refractivity contribution in [2.75, 3.05) is 13.1 Å². The minimum atomic E-state index is -0.0373. The van der Waals surface area contributed by atoms with Crippen LogP contribution in [0.15, 0.2) is 36.7 Å². The number of amides is 1. The molecule has 1 saturated heterocycles. The molecule has 3 rings (SSSR count). The minimum absolute atomic E-state index is 0.0373. The number of nitrogens with zero attached hydrogens (tertiary/aromatic N) is 5. The Hall–Kier alpha value is -2.68. The third-order valence-corrected chi connectivity index (χ3v) is 3.50. The van der Waals surface area contributed by atoms with Crippen LogP contribution in [0.5, 0.6) is 0 Å². The molecule has 20 heavy (non-hydrogen) atoms. The number of rotatable bonds is 2. The van der Waals surface area contributed by atoms with Gasteiger partial charge in [-0.05, 0) is 24.6 Å². The lowest BCUT2D eigenvalue weighted by Gasteiger charge is -2.16. The summed E-state index contributed by atoms with van der Waals surface area (Å²) in [6.45, 7) is 1.32. The number of nitriles is 1. The Kier molecular flexibility index (Phi) is 3.17. The molecule has 100 valence electrons. The Labute approximate surface area is 116 Å². The predicted octanol–water partition coefficient (Wildman–Crippen LogP) is 1.24. The second kappa shape index (κ2) is 5.13. The third kappa shape index (κ3) is 2.26. The van der Waals surface area contributed by atoms with Gasteiger partial charge < -0.3 is 4.90 Å². The summed E-state index contributed by atoms with van der Waals surface area (Å²) >= 11 is 0. The standard InChI is InChI=1S/C14H13N5O/c15-9-11-2-1-3-12(8-11)14(20)18-6-4-13(10-18)19-7-5-16-17-19/h1-3,5,7-8,13H,4,6,10H2/t13-/m0/s1. The first-order chi connectivity index (χ1) is 9.78. The second-order valence-corrected chi connectivity index (χ2v) is 4.77. The lowest BCUT2D eigenvalue weighted by atomic mass is 10.1. The fourth-order valence-electron chi connectivity index (χ4n) is 2.46. The van der Waals surface area contributed by atoms with Gasteiger partial charge in [-0.2, -0.15) is 5.26 Å². The van der Waals surface area contributed by atoms with Gasteiger partial charge >= 0.3 is 0 Å². The number of hydrogen-bond donors (Lipinski definition) is 0. The van der Waals surface area contributed by atoms with E-state index in [-0.39, 0.29) is 11.9 Å². The summed E-state index contributed by atoms with van der Waals surface area (Å²) in [5.41, 5.74) is 1.06. The van der Waals surface area contributed by atoms with Crippen molar-refractivity contribution in [2.24, 2.45) is 0 Å². The van der Waals surface area contributed by atoms with E-state index in [1.165, 1.54) is 0 Å². The van der Waals surface area contributed by atoms with Gasteiger partial charge in [0.15, 0.2) is 0 Å². The molecule has 0 bridgehead atoms. The summed E-state index contributed by atoms with van der Waals surface area (Å²) in [5.74, 6) is -0.0373. The summed E-state index contributed by atoms with van der Waals surface area (Å²) in [6, 6.07) is 9.03. The van der Waals surface area contributed by atoms with Crippen LogP contribution in [0, 0.1) is 11.3 Å². The van der Waals surface area contributed by atoms with E-state index in [1.54, 1.807) is 40.0 Å². The Morgan fingerprint density at radius 3 is 3.10 bits per heavy atom. The monoisotopic (exact) mass is 267 g/mol. The van der Waals surface area contributed by atoms with Crippen molar-refractivity contribution >= 4 is 5.91 Å². The Balaban J connectivity index is 1.74. The topological polar surface area (TPSA) is 74.8 Å². The van der Waals surface area contributed by atoms with Gasteiger partial charge in [0.25, 0.3) is 5.91 Å². The number of benzene rings is 1. The number of hydrogen-bond acceptors (Lipinski definition) is 4. The molecule has 0 unspecified atom stereocenters. The zero-order valence-corrected chi connectivity index (χ0v) is 10.8. The molecule has 0 N–H and O–H groups in total. The van der Waals surface area contributed by atoms with Crippen LogP contribution in [0.1, 0.15) is 28.4 Å². The molecule has 1 amide bonds. The van der Waals surface area contributed by atoms with E-state index in [9.17, 15) is 4.79 Å². The van der Waals surface area contributed by atoms with E-state index >= 15 is 0 Å². The molecule has 1 aromatic carbocycles. The highest BCUT2D eigenvalue weighted by Gasteiger charge is 2.28. The maximum absolute atomic E-state index is 12.4. The van der Waals surface area contributed by atoms with E-state index in [4.69, 9.17) is 5.26 Å². The zero-order valence-electron chi connectivity index (χ0n) is 10.8. The van der Waals surface area contributed by atoms with Crippen LogP contribution < -0.4 is 0 Å². The highest BCUT2D eigenvalue weighted by atomic mass is 16.2. The van der Waals surface area contributed by atoms with Crippen molar-refractivity contribution in [3.63, 3.8) is 0 Å². The van der Waals surface area contributed by atoms with Gasteiger partial charge in [-0.1, -0.05) is 11.3 Å². The molecule has 1 atom stereocenters. The van der Waals surface area contributed by atoms with Crippen LogP contribution in [-0.2, 0) is 0 Å². The van der Waals surface area contributed by atoms with E-state index in [0.717, 1.165) is 6.42 Å². The maximum Gasteiger partial charge on any atom is 0.253 e. The molecule has 1 fully saturated rings. The third-order valence-electron chi connectivity index (χ3n) is 3.50. The minimum Gasteiger partial charge on any atom is -0.336 e. The molecular formula is C14H13N5O. The fraction of sp³-hybridized carbons (Fsp3) is 0.286. The summed E-state index contributed by atoms with van der Waals surface area (Å²) < 4.78 is 1.79. The van der Waals surface area contributed by atoms with E-state index in [2.05, 4.69) is 16.4 Å². The van der Waals surface area contributed by atoms with E-state index < -0.39 is 0 Å². The highest BCUT2D eigenvalue weighted by molar-refractivity contribution is 5.94. The molecular weight excluding hydrogens is 254 g/mol. The van der Waals surface area contributed by atoms with E-state index in [1.807, 2.05) is 6.20 Å². The van der Waals surface area contributed by atoms with Crippen LogP contribution in [0.25, 0.3) is 0 Å². The first kappa shape index (κ1) is 12.4. The summed E-state index contributed by atoms with van der Waals surface area (Å²) in [4.78, 5) is 14.2. The van der Waals surface area contributed by atoms with Gasteiger partial charge in [-0.3, -0.25) is 4.79 Å². The van der Waals surface area contributed by atoms with Crippen molar-refractivity contribution in [1.82, 2.24) is 19.9 Å². The Bertz CT molecular complexity index is 658. The Morgan fingerprint density at radius 2 is 2.35 bits per heavy atom. The van der Waals surface area contributed by atoms with Crippen LogP contribution >= 0.6 is 0 Å². The molecule has 2 heterocycles. The predicted molar refractivity (Wildman–Crippen MR) is 70.7 cm³/mol. The summed E-state index contributed by atoms with van der Waals surface area (Å²) in [7, 11) is 0. The van der Waals surface area contributed by atoms with Gasteiger partial charge in [0.1, 0.15) is 0 Å². The van der Waals surface area contributed by atoms with Crippen molar-refractivity contribution in [1.29, 1.82) is 5.26 Å². The van der Waals surface area contributed by atoms with Crippen LogP contribution in [0.4, 0.5) is 0 Å². The van der Waals surface area contributed by atoms with Gasteiger partial charge in [-0.25, -0.2) is 4.68 Å². The van der Waals surface area contributed by atoms with Gasteiger partial charge in [0.2, 0.25) is 0 Å². The average Bonchev–Trinajstić information content (AvgIpc) is 3.17. The normalized spacial score (nSPS) is 17.9. The van der Waals surface area contributed by atoms with Crippen molar-refractivity contribution in [2.45, 2.75) is 12.5 Å². The van der Waals surface area contributed by atoms with Crippen molar-refractivity contribution in [3.05, 3.63) is 47.8 Å². The molecule has 0 saturated carbocycles.